The Morgan fingerprint density at radius 3 is 2.43 bits per heavy atom. The number of nitrogens with two attached hydrogens (primary N) is 1. The van der Waals surface area contributed by atoms with E-state index in [1.807, 2.05) is 6.92 Å². The Morgan fingerprint density at radius 1 is 1.33 bits per heavy atom. The summed E-state index contributed by atoms with van der Waals surface area (Å²) in [5.74, 6) is -0.352. The average Bonchev–Trinajstić information content (AvgIpc) is 2.47. The number of nitrogens with one attached hydrogen (secondary N) is 1. The maximum absolute atomic E-state index is 12.0. The lowest BCUT2D eigenvalue weighted by Crippen LogP contribution is -2.51. The van der Waals surface area contributed by atoms with E-state index in [0.29, 0.717) is 13.0 Å². The Labute approximate surface area is 124 Å². The number of carbonyl (C=O) groups is 2. The zero-order valence-electron chi connectivity index (χ0n) is 12.7. The van der Waals surface area contributed by atoms with Crippen molar-refractivity contribution in [3.8, 4) is 5.75 Å². The molecule has 2 amide bonds. The molecule has 0 bridgehead atoms. The van der Waals surface area contributed by atoms with Gasteiger partial charge in [0.25, 0.3) is 0 Å². The Kier molecular flexibility index (Phi) is 6.17. The maximum atomic E-state index is 12.0. The number of benzene rings is 1. The fourth-order valence-electron chi connectivity index (χ4n) is 1.85. The zero-order chi connectivity index (χ0) is 16.0. The molecule has 0 fully saturated rings. The second kappa shape index (κ2) is 7.64. The molecular formula is C15H23N3O3. The largest absolute Gasteiger partial charge is 0.508 e. The first-order valence-electron chi connectivity index (χ1n) is 6.94. The second-order valence-corrected chi connectivity index (χ2v) is 5.06. The number of rotatable bonds is 6. The van der Waals surface area contributed by atoms with Crippen molar-refractivity contribution < 1.29 is 14.7 Å². The van der Waals surface area contributed by atoms with E-state index < -0.39 is 12.1 Å². The van der Waals surface area contributed by atoms with E-state index in [9.17, 15) is 14.7 Å². The topological polar surface area (TPSA) is 95.7 Å². The molecule has 1 unspecified atom stereocenters. The van der Waals surface area contributed by atoms with Crippen LogP contribution in [0.3, 0.4) is 0 Å². The minimum atomic E-state index is -0.739. The molecule has 0 aliphatic carbocycles. The number of phenols is 1. The van der Waals surface area contributed by atoms with E-state index in [1.54, 1.807) is 38.2 Å². The molecule has 0 aliphatic heterocycles. The summed E-state index contributed by atoms with van der Waals surface area (Å²) in [6.07, 6.45) is 0.344. The number of aromatic hydroxyl groups is 1. The van der Waals surface area contributed by atoms with Gasteiger partial charge in [0, 0.05) is 13.6 Å². The summed E-state index contributed by atoms with van der Waals surface area (Å²) in [7, 11) is 1.68. The maximum Gasteiger partial charge on any atom is 0.244 e. The molecule has 4 N–H and O–H groups in total. The Bertz CT molecular complexity index is 487. The lowest BCUT2D eigenvalue weighted by Gasteiger charge is -2.22. The summed E-state index contributed by atoms with van der Waals surface area (Å²) < 4.78 is 0. The van der Waals surface area contributed by atoms with Crippen LogP contribution in [0.2, 0.25) is 0 Å². The number of carbonyl (C=O) groups excluding carboxylic acids is 2. The van der Waals surface area contributed by atoms with Crippen LogP contribution in [-0.4, -0.2) is 47.5 Å². The highest BCUT2D eigenvalue weighted by atomic mass is 16.3. The number of amides is 2. The third kappa shape index (κ3) is 5.07. The normalized spacial score (nSPS) is 13.3. The van der Waals surface area contributed by atoms with E-state index in [1.165, 1.54) is 4.90 Å². The first kappa shape index (κ1) is 17.0. The van der Waals surface area contributed by atoms with Gasteiger partial charge in [0.05, 0.1) is 6.04 Å². The summed E-state index contributed by atoms with van der Waals surface area (Å²) in [6.45, 7) is 4.08. The predicted molar refractivity (Wildman–Crippen MR) is 80.7 cm³/mol. The third-order valence-electron chi connectivity index (χ3n) is 3.31. The van der Waals surface area contributed by atoms with Crippen molar-refractivity contribution in [1.29, 1.82) is 0 Å². The highest BCUT2D eigenvalue weighted by molar-refractivity contribution is 5.89. The van der Waals surface area contributed by atoms with Gasteiger partial charge < -0.3 is 21.1 Å². The number of hydrogen-bond donors (Lipinski definition) is 3. The molecule has 2 atom stereocenters. The highest BCUT2D eigenvalue weighted by Crippen LogP contribution is 2.10. The summed E-state index contributed by atoms with van der Waals surface area (Å²) >= 11 is 0. The van der Waals surface area contributed by atoms with Gasteiger partial charge in [-0.25, -0.2) is 0 Å². The number of likely N-dealkylation sites (N-methyl/N-ethyl adjacent to an activating group) is 1. The molecule has 0 aliphatic rings. The summed E-state index contributed by atoms with van der Waals surface area (Å²) in [5, 5.41) is 11.8. The smallest absolute Gasteiger partial charge is 0.244 e. The molecule has 0 radical (unpaired) electrons. The standard InChI is InChI=1S/C15H23N3O3/c1-4-18(3)15(21)10(2)17-14(20)13(16)9-11-5-7-12(19)8-6-11/h5-8,10,13,19H,4,9,16H2,1-3H3,(H,17,20)/t10?,13-/m0/s1. The SMILES string of the molecule is CCN(C)C(=O)C(C)NC(=O)[C@@H](N)Cc1ccc(O)cc1. The Balaban J connectivity index is 2.54. The average molecular weight is 293 g/mol. The van der Waals surface area contributed by atoms with E-state index in [0.717, 1.165) is 5.56 Å². The monoisotopic (exact) mass is 293 g/mol. The van der Waals surface area contributed by atoms with E-state index >= 15 is 0 Å². The molecule has 116 valence electrons. The van der Waals surface area contributed by atoms with Crippen LogP contribution in [0.15, 0.2) is 24.3 Å². The number of phenolic OH excluding ortho intramolecular Hbond substituents is 1. The first-order valence-corrected chi connectivity index (χ1v) is 6.94. The van der Waals surface area contributed by atoms with Crippen LogP contribution in [0.4, 0.5) is 0 Å². The fourth-order valence-corrected chi connectivity index (χ4v) is 1.85. The van der Waals surface area contributed by atoms with Crippen molar-refractivity contribution in [2.75, 3.05) is 13.6 Å². The first-order chi connectivity index (χ1) is 9.85. The van der Waals surface area contributed by atoms with Gasteiger partial charge in [0.15, 0.2) is 0 Å². The number of nitrogens with zero attached hydrogens (tertiary/aromatic N) is 1. The van der Waals surface area contributed by atoms with Crippen molar-refractivity contribution in [2.45, 2.75) is 32.4 Å². The van der Waals surface area contributed by atoms with Gasteiger partial charge in [-0.2, -0.15) is 0 Å². The molecule has 1 aromatic carbocycles. The molecule has 0 heterocycles. The molecule has 0 saturated heterocycles. The van der Waals surface area contributed by atoms with Gasteiger partial charge in [-0.3, -0.25) is 9.59 Å². The number of hydrogen-bond acceptors (Lipinski definition) is 4. The lowest BCUT2D eigenvalue weighted by molar-refractivity contribution is -0.135. The van der Waals surface area contributed by atoms with Crippen LogP contribution < -0.4 is 11.1 Å². The molecular weight excluding hydrogens is 270 g/mol. The van der Waals surface area contributed by atoms with Crippen LogP contribution in [-0.2, 0) is 16.0 Å². The highest BCUT2D eigenvalue weighted by Gasteiger charge is 2.21. The zero-order valence-corrected chi connectivity index (χ0v) is 12.7. The molecule has 1 rings (SSSR count). The summed E-state index contributed by atoms with van der Waals surface area (Å²) in [4.78, 5) is 25.4. The lowest BCUT2D eigenvalue weighted by atomic mass is 10.1. The van der Waals surface area contributed by atoms with Gasteiger partial charge in [0.1, 0.15) is 11.8 Å². The molecule has 21 heavy (non-hydrogen) atoms. The fraction of sp³-hybridized carbons (Fsp3) is 0.467. The second-order valence-electron chi connectivity index (χ2n) is 5.06. The Hall–Kier alpha value is -2.08. The van der Waals surface area contributed by atoms with Crippen LogP contribution >= 0.6 is 0 Å². The minimum Gasteiger partial charge on any atom is -0.508 e. The molecule has 1 aromatic rings. The van der Waals surface area contributed by atoms with Crippen molar-refractivity contribution in [1.82, 2.24) is 10.2 Å². The van der Waals surface area contributed by atoms with Gasteiger partial charge in [-0.1, -0.05) is 12.1 Å². The summed E-state index contributed by atoms with van der Waals surface area (Å²) in [6, 6.07) is 5.17. The van der Waals surface area contributed by atoms with Crippen LogP contribution in [0.5, 0.6) is 5.75 Å². The van der Waals surface area contributed by atoms with E-state index in [2.05, 4.69) is 5.32 Å². The molecule has 6 heteroatoms. The molecule has 0 spiro atoms. The van der Waals surface area contributed by atoms with Gasteiger partial charge >= 0.3 is 0 Å². The van der Waals surface area contributed by atoms with Crippen molar-refractivity contribution >= 4 is 11.8 Å². The summed E-state index contributed by atoms with van der Waals surface area (Å²) in [5.41, 5.74) is 6.69. The molecule has 0 saturated carbocycles. The van der Waals surface area contributed by atoms with Crippen molar-refractivity contribution in [3.63, 3.8) is 0 Å². The molecule has 6 nitrogen and oxygen atoms in total. The quantitative estimate of drug-likeness (QED) is 0.700. The van der Waals surface area contributed by atoms with Gasteiger partial charge in [-0.05, 0) is 38.0 Å². The van der Waals surface area contributed by atoms with E-state index in [4.69, 9.17) is 5.73 Å². The van der Waals surface area contributed by atoms with Crippen LogP contribution in [0, 0.1) is 0 Å². The van der Waals surface area contributed by atoms with Gasteiger partial charge in [0.2, 0.25) is 11.8 Å². The Morgan fingerprint density at radius 2 is 1.90 bits per heavy atom. The third-order valence-corrected chi connectivity index (χ3v) is 3.31. The van der Waals surface area contributed by atoms with E-state index in [-0.39, 0.29) is 17.6 Å². The molecule has 0 aromatic heterocycles. The van der Waals surface area contributed by atoms with Gasteiger partial charge in [-0.15, -0.1) is 0 Å². The van der Waals surface area contributed by atoms with Crippen molar-refractivity contribution in [3.05, 3.63) is 29.8 Å². The van der Waals surface area contributed by atoms with Crippen LogP contribution in [0.25, 0.3) is 0 Å². The van der Waals surface area contributed by atoms with Crippen LogP contribution in [0.1, 0.15) is 19.4 Å². The van der Waals surface area contributed by atoms with Crippen molar-refractivity contribution in [2.24, 2.45) is 5.73 Å². The minimum absolute atomic E-state index is 0.150. The predicted octanol–water partition coefficient (Wildman–Crippen LogP) is 0.245.